The minimum atomic E-state index is -0.421. The molecule has 0 aliphatic carbocycles. The molecular formula is C13H7Br2FO2. The van der Waals surface area contributed by atoms with Crippen LogP contribution >= 0.6 is 31.9 Å². The van der Waals surface area contributed by atoms with Crippen LogP contribution in [0.2, 0.25) is 0 Å². The fourth-order valence-electron chi connectivity index (χ4n) is 1.36. The largest absolute Gasteiger partial charge is 0.456 e. The Kier molecular flexibility index (Phi) is 4.14. The number of ether oxygens (including phenoxy) is 1. The zero-order valence-corrected chi connectivity index (χ0v) is 12.2. The normalized spacial score (nSPS) is 10.2. The minimum absolute atomic E-state index is 0.330. The highest BCUT2D eigenvalue weighted by Crippen LogP contribution is 2.29. The Morgan fingerprint density at radius 1 is 1.11 bits per heavy atom. The van der Waals surface area contributed by atoms with Crippen LogP contribution in [0.4, 0.5) is 4.39 Å². The molecule has 0 amide bonds. The van der Waals surface area contributed by atoms with Crippen molar-refractivity contribution in [1.29, 1.82) is 0 Å². The second-order valence-corrected chi connectivity index (χ2v) is 5.25. The molecule has 0 aliphatic rings. The quantitative estimate of drug-likeness (QED) is 0.711. The van der Waals surface area contributed by atoms with E-state index in [0.717, 1.165) is 4.47 Å². The van der Waals surface area contributed by atoms with Crippen LogP contribution in [0.25, 0.3) is 0 Å². The van der Waals surface area contributed by atoms with Crippen LogP contribution in [0.3, 0.4) is 0 Å². The van der Waals surface area contributed by atoms with Gasteiger partial charge in [-0.15, -0.1) is 0 Å². The second-order valence-electron chi connectivity index (χ2n) is 3.48. The van der Waals surface area contributed by atoms with Crippen molar-refractivity contribution in [2.45, 2.75) is 0 Å². The Bertz CT molecular complexity index is 600. The first-order chi connectivity index (χ1) is 8.60. The van der Waals surface area contributed by atoms with Crippen LogP contribution in [0.15, 0.2) is 45.3 Å². The third-order valence-corrected chi connectivity index (χ3v) is 3.36. The number of aldehydes is 1. The maximum Gasteiger partial charge on any atom is 0.153 e. The SMILES string of the molecule is O=Cc1ccc(Br)cc1Oc1ccc(Br)c(F)c1. The van der Waals surface area contributed by atoms with Gasteiger partial charge in [0.2, 0.25) is 0 Å². The van der Waals surface area contributed by atoms with Gasteiger partial charge >= 0.3 is 0 Å². The summed E-state index contributed by atoms with van der Waals surface area (Å²) in [7, 11) is 0. The molecule has 0 aromatic heterocycles. The molecule has 0 N–H and O–H groups in total. The third-order valence-electron chi connectivity index (χ3n) is 2.22. The molecule has 2 rings (SSSR count). The predicted octanol–water partition coefficient (Wildman–Crippen LogP) is 4.96. The lowest BCUT2D eigenvalue weighted by Crippen LogP contribution is -1.91. The molecule has 0 unspecified atom stereocenters. The van der Waals surface area contributed by atoms with E-state index in [-0.39, 0.29) is 0 Å². The van der Waals surface area contributed by atoms with Gasteiger partial charge in [-0.1, -0.05) is 15.9 Å². The van der Waals surface area contributed by atoms with Gasteiger partial charge in [0.25, 0.3) is 0 Å². The van der Waals surface area contributed by atoms with Gasteiger partial charge in [0.05, 0.1) is 10.0 Å². The van der Waals surface area contributed by atoms with E-state index >= 15 is 0 Å². The zero-order valence-electron chi connectivity index (χ0n) is 8.99. The molecule has 2 aromatic rings. The van der Waals surface area contributed by atoms with E-state index < -0.39 is 5.82 Å². The average Bonchev–Trinajstić information content (AvgIpc) is 2.34. The van der Waals surface area contributed by atoms with Crippen molar-refractivity contribution in [1.82, 2.24) is 0 Å². The Morgan fingerprint density at radius 2 is 1.89 bits per heavy atom. The van der Waals surface area contributed by atoms with Gasteiger partial charge in [0, 0.05) is 10.5 Å². The molecule has 2 aromatic carbocycles. The third kappa shape index (κ3) is 2.97. The van der Waals surface area contributed by atoms with Crippen LogP contribution in [-0.2, 0) is 0 Å². The zero-order chi connectivity index (χ0) is 13.1. The summed E-state index contributed by atoms with van der Waals surface area (Å²) in [5.41, 5.74) is 0.404. The Balaban J connectivity index is 2.35. The summed E-state index contributed by atoms with van der Waals surface area (Å²) in [5.74, 6) is 0.285. The molecule has 0 spiro atoms. The number of hydrogen-bond acceptors (Lipinski definition) is 2. The van der Waals surface area contributed by atoms with Gasteiger partial charge in [-0.2, -0.15) is 0 Å². The van der Waals surface area contributed by atoms with E-state index in [2.05, 4.69) is 31.9 Å². The summed E-state index contributed by atoms with van der Waals surface area (Å²) in [6, 6.07) is 9.43. The standard InChI is InChI=1S/C13H7Br2FO2/c14-9-2-1-8(7-17)13(5-9)18-10-3-4-11(15)12(16)6-10/h1-7H. The van der Waals surface area contributed by atoms with Crippen LogP contribution in [0, 0.1) is 5.82 Å². The van der Waals surface area contributed by atoms with Gasteiger partial charge in [-0.3, -0.25) is 4.79 Å². The fourth-order valence-corrected chi connectivity index (χ4v) is 1.95. The molecule has 0 saturated carbocycles. The highest BCUT2D eigenvalue weighted by Gasteiger charge is 2.07. The second kappa shape index (κ2) is 5.63. The number of hydrogen-bond donors (Lipinski definition) is 0. The molecule has 5 heteroatoms. The monoisotopic (exact) mass is 372 g/mol. The summed E-state index contributed by atoms with van der Waals surface area (Å²) in [4.78, 5) is 10.9. The Hall–Kier alpha value is -1.20. The van der Waals surface area contributed by atoms with Gasteiger partial charge in [-0.25, -0.2) is 4.39 Å². The van der Waals surface area contributed by atoms with Gasteiger partial charge in [0.15, 0.2) is 6.29 Å². The van der Waals surface area contributed by atoms with Crippen molar-refractivity contribution in [2.75, 3.05) is 0 Å². The molecule has 0 atom stereocenters. The lowest BCUT2D eigenvalue weighted by atomic mass is 10.2. The first-order valence-corrected chi connectivity index (χ1v) is 6.56. The first-order valence-electron chi connectivity index (χ1n) is 4.98. The van der Waals surface area contributed by atoms with Gasteiger partial charge in [0.1, 0.15) is 17.3 Å². The highest BCUT2D eigenvalue weighted by molar-refractivity contribution is 9.10. The van der Waals surface area contributed by atoms with E-state index in [4.69, 9.17) is 4.74 Å². The predicted molar refractivity (Wildman–Crippen MR) is 73.7 cm³/mol. The molecule has 0 aliphatic heterocycles. The molecule has 0 fully saturated rings. The van der Waals surface area contributed by atoms with E-state index in [1.807, 2.05) is 0 Å². The highest BCUT2D eigenvalue weighted by atomic mass is 79.9. The number of benzene rings is 2. The molecule has 18 heavy (non-hydrogen) atoms. The number of rotatable bonds is 3. The average molecular weight is 374 g/mol. The first kappa shape index (κ1) is 13.2. The Morgan fingerprint density at radius 3 is 2.56 bits per heavy atom. The molecule has 2 nitrogen and oxygen atoms in total. The van der Waals surface area contributed by atoms with Crippen LogP contribution in [-0.4, -0.2) is 6.29 Å². The molecule has 0 saturated heterocycles. The summed E-state index contributed by atoms with van der Waals surface area (Å²) in [6.45, 7) is 0. The number of halogens is 3. The van der Waals surface area contributed by atoms with Crippen molar-refractivity contribution in [3.63, 3.8) is 0 Å². The van der Waals surface area contributed by atoms with E-state index in [1.165, 1.54) is 6.07 Å². The fraction of sp³-hybridized carbons (Fsp3) is 0. The number of carbonyl (C=O) groups excluding carboxylic acids is 1. The Labute approximate surface area is 120 Å². The summed E-state index contributed by atoms with van der Waals surface area (Å²) >= 11 is 6.35. The topological polar surface area (TPSA) is 26.3 Å². The molecule has 0 heterocycles. The molecule has 0 radical (unpaired) electrons. The van der Waals surface area contributed by atoms with Crippen molar-refractivity contribution in [2.24, 2.45) is 0 Å². The maximum atomic E-state index is 13.3. The summed E-state index contributed by atoms with van der Waals surface area (Å²) < 4.78 is 20.0. The molecule has 0 bridgehead atoms. The van der Waals surface area contributed by atoms with Gasteiger partial charge in [-0.05, 0) is 46.3 Å². The lowest BCUT2D eigenvalue weighted by molar-refractivity contribution is 0.112. The maximum absolute atomic E-state index is 13.3. The van der Waals surface area contributed by atoms with E-state index in [9.17, 15) is 9.18 Å². The number of carbonyl (C=O) groups is 1. The van der Waals surface area contributed by atoms with Crippen molar-refractivity contribution in [3.05, 3.63) is 56.7 Å². The molecule has 92 valence electrons. The van der Waals surface area contributed by atoms with Crippen molar-refractivity contribution < 1.29 is 13.9 Å². The van der Waals surface area contributed by atoms with E-state index in [1.54, 1.807) is 30.3 Å². The molecular weight excluding hydrogens is 367 g/mol. The smallest absolute Gasteiger partial charge is 0.153 e. The lowest BCUT2D eigenvalue weighted by Gasteiger charge is -2.08. The minimum Gasteiger partial charge on any atom is -0.456 e. The van der Waals surface area contributed by atoms with Crippen LogP contribution in [0.1, 0.15) is 10.4 Å². The van der Waals surface area contributed by atoms with Crippen LogP contribution < -0.4 is 4.74 Å². The van der Waals surface area contributed by atoms with Crippen molar-refractivity contribution in [3.8, 4) is 11.5 Å². The summed E-state index contributed by atoms with van der Waals surface area (Å²) in [6.07, 6.45) is 0.691. The van der Waals surface area contributed by atoms with E-state index in [0.29, 0.717) is 27.8 Å². The summed E-state index contributed by atoms with van der Waals surface area (Å²) in [5, 5.41) is 0. The van der Waals surface area contributed by atoms with Gasteiger partial charge < -0.3 is 4.74 Å². The van der Waals surface area contributed by atoms with Crippen molar-refractivity contribution >= 4 is 38.1 Å². The van der Waals surface area contributed by atoms with Crippen LogP contribution in [0.5, 0.6) is 11.5 Å².